The number of hydrogen-bond acceptors (Lipinski definition) is 2. The number of hydrogen-bond donors (Lipinski definition) is 1. The zero-order valence-electron chi connectivity index (χ0n) is 10.8. The zero-order chi connectivity index (χ0) is 14.9. The van der Waals surface area contributed by atoms with Gasteiger partial charge in [-0.1, -0.05) is 11.6 Å². The number of aliphatic carboxylic acids is 1. The van der Waals surface area contributed by atoms with Crippen LogP contribution < -0.4 is 5.43 Å². The van der Waals surface area contributed by atoms with Gasteiger partial charge in [-0.25, -0.2) is 4.39 Å². The van der Waals surface area contributed by atoms with Crippen LogP contribution >= 0.6 is 11.6 Å². The highest BCUT2D eigenvalue weighted by molar-refractivity contribution is 6.31. The van der Waals surface area contributed by atoms with Crippen molar-refractivity contribution in [3.63, 3.8) is 0 Å². The minimum absolute atomic E-state index is 0.0441. The third-order valence-electron chi connectivity index (χ3n) is 3.14. The van der Waals surface area contributed by atoms with Crippen LogP contribution in [0.2, 0.25) is 5.02 Å². The molecule has 0 bridgehead atoms. The van der Waals surface area contributed by atoms with E-state index >= 15 is 0 Å². The second-order valence-corrected chi connectivity index (χ2v) is 4.85. The molecule has 0 spiro atoms. The van der Waals surface area contributed by atoms with Gasteiger partial charge in [0.1, 0.15) is 5.82 Å². The highest BCUT2D eigenvalue weighted by Crippen LogP contribution is 2.21. The number of pyridine rings is 1. The van der Waals surface area contributed by atoms with Crippen LogP contribution in [-0.2, 0) is 17.8 Å². The quantitative estimate of drug-likeness (QED) is 0.944. The Bertz CT molecular complexity index is 739. The molecule has 0 unspecified atom stereocenters. The molecule has 0 radical (unpaired) electrons. The number of carbonyl (C=O) groups is 1. The smallest absolute Gasteiger partial charge is 0.303 e. The molecule has 0 saturated heterocycles. The largest absolute Gasteiger partial charge is 0.481 e. The van der Waals surface area contributed by atoms with E-state index in [2.05, 4.69) is 0 Å². The number of rotatable bonds is 4. The monoisotopic (exact) mass is 297 g/mol. The lowest BCUT2D eigenvalue weighted by Gasteiger charge is -2.12. The van der Waals surface area contributed by atoms with Gasteiger partial charge in [0, 0.05) is 30.1 Å². The normalized spacial score (nSPS) is 10.9. The summed E-state index contributed by atoms with van der Waals surface area (Å²) >= 11 is 5.74. The zero-order valence-corrected chi connectivity index (χ0v) is 11.6. The van der Waals surface area contributed by atoms with Crippen LogP contribution in [0.4, 0.5) is 4.39 Å². The van der Waals surface area contributed by atoms with Crippen LogP contribution in [0.15, 0.2) is 23.1 Å². The molecule has 1 N–H and O–H groups in total. The Balaban J connectivity index is 2.68. The molecule has 2 aromatic rings. The van der Waals surface area contributed by atoms with Crippen LogP contribution in [0, 0.1) is 5.82 Å². The molecule has 0 aliphatic heterocycles. The number of aryl methyl sites for hydroxylation is 2. The Labute approximate surface area is 119 Å². The maximum Gasteiger partial charge on any atom is 0.303 e. The van der Waals surface area contributed by atoms with Crippen LogP contribution in [0.25, 0.3) is 10.9 Å². The van der Waals surface area contributed by atoms with E-state index in [1.165, 1.54) is 6.07 Å². The second kappa shape index (κ2) is 5.63. The first-order valence-electron chi connectivity index (χ1n) is 6.17. The fourth-order valence-corrected chi connectivity index (χ4v) is 2.28. The molecule has 0 atom stereocenters. The van der Waals surface area contributed by atoms with Gasteiger partial charge in [0.15, 0.2) is 5.43 Å². The number of nitrogens with zero attached hydrogens (tertiary/aromatic N) is 1. The van der Waals surface area contributed by atoms with Gasteiger partial charge in [-0.05, 0) is 25.5 Å². The molecule has 0 aliphatic carbocycles. The van der Waals surface area contributed by atoms with Gasteiger partial charge in [0.2, 0.25) is 0 Å². The summed E-state index contributed by atoms with van der Waals surface area (Å²) in [6.07, 6.45) is 1.59. The third kappa shape index (κ3) is 2.67. The standard InChI is InChI=1S/C14H13ClFNO3/c1-2-17-7-8(3-4-13(18)19)14(20)9-5-11(16)10(15)6-12(9)17/h5-7H,2-4H2,1H3,(H,18,19). The molecule has 2 rings (SSSR count). The van der Waals surface area contributed by atoms with Gasteiger partial charge >= 0.3 is 5.97 Å². The highest BCUT2D eigenvalue weighted by Gasteiger charge is 2.12. The molecule has 106 valence electrons. The molecule has 0 saturated carbocycles. The van der Waals surface area contributed by atoms with Crippen molar-refractivity contribution in [3.05, 3.63) is 45.0 Å². The van der Waals surface area contributed by atoms with Crippen LogP contribution in [0.5, 0.6) is 0 Å². The van der Waals surface area contributed by atoms with Gasteiger partial charge in [0.25, 0.3) is 0 Å². The summed E-state index contributed by atoms with van der Waals surface area (Å²) in [4.78, 5) is 22.9. The first-order valence-corrected chi connectivity index (χ1v) is 6.54. The lowest BCUT2D eigenvalue weighted by molar-refractivity contribution is -0.136. The predicted molar refractivity (Wildman–Crippen MR) is 74.8 cm³/mol. The second-order valence-electron chi connectivity index (χ2n) is 4.45. The van der Waals surface area contributed by atoms with E-state index in [0.29, 0.717) is 17.6 Å². The van der Waals surface area contributed by atoms with Crippen LogP contribution in [0.1, 0.15) is 18.9 Å². The topological polar surface area (TPSA) is 59.3 Å². The molecule has 1 aromatic carbocycles. The Morgan fingerprint density at radius 1 is 1.45 bits per heavy atom. The number of carboxylic acids is 1. The average Bonchev–Trinajstić information content (AvgIpc) is 2.40. The fourth-order valence-electron chi connectivity index (χ4n) is 2.13. The summed E-state index contributed by atoms with van der Waals surface area (Å²) in [7, 11) is 0. The van der Waals surface area contributed by atoms with Gasteiger partial charge in [-0.2, -0.15) is 0 Å². The van der Waals surface area contributed by atoms with E-state index in [0.717, 1.165) is 6.07 Å². The van der Waals surface area contributed by atoms with Crippen LogP contribution in [-0.4, -0.2) is 15.6 Å². The summed E-state index contributed by atoms with van der Waals surface area (Å²) < 4.78 is 15.3. The lowest BCUT2D eigenvalue weighted by atomic mass is 10.1. The molecule has 20 heavy (non-hydrogen) atoms. The average molecular weight is 298 g/mol. The Hall–Kier alpha value is -1.88. The molecular weight excluding hydrogens is 285 g/mol. The number of benzene rings is 1. The first-order chi connectivity index (χ1) is 9.43. The Morgan fingerprint density at radius 2 is 2.15 bits per heavy atom. The van der Waals surface area contributed by atoms with E-state index in [-0.39, 0.29) is 28.7 Å². The summed E-state index contributed by atoms with van der Waals surface area (Å²) in [5.41, 5.74) is 0.563. The predicted octanol–water partition coefficient (Wildman–Crippen LogP) is 2.83. The minimum Gasteiger partial charge on any atom is -0.481 e. The molecule has 6 heteroatoms. The van der Waals surface area contributed by atoms with Gasteiger partial charge in [0.05, 0.1) is 10.5 Å². The third-order valence-corrected chi connectivity index (χ3v) is 3.43. The van der Waals surface area contributed by atoms with E-state index < -0.39 is 11.8 Å². The van der Waals surface area contributed by atoms with E-state index in [9.17, 15) is 14.0 Å². The van der Waals surface area contributed by atoms with Crippen molar-refractivity contribution in [3.8, 4) is 0 Å². The maximum absolute atomic E-state index is 13.5. The number of aromatic nitrogens is 1. The highest BCUT2D eigenvalue weighted by atomic mass is 35.5. The maximum atomic E-state index is 13.5. The molecular formula is C14H13ClFNO3. The van der Waals surface area contributed by atoms with Crippen molar-refractivity contribution in [1.82, 2.24) is 4.57 Å². The Kier molecular flexibility index (Phi) is 4.09. The fraction of sp³-hybridized carbons (Fsp3) is 0.286. The van der Waals surface area contributed by atoms with Crippen molar-refractivity contribution in [2.45, 2.75) is 26.3 Å². The van der Waals surface area contributed by atoms with E-state index in [1.54, 1.807) is 10.8 Å². The van der Waals surface area contributed by atoms with E-state index in [4.69, 9.17) is 16.7 Å². The molecule has 0 fully saturated rings. The summed E-state index contributed by atoms with van der Waals surface area (Å²) in [6.45, 7) is 2.45. The first kappa shape index (κ1) is 14.5. The van der Waals surface area contributed by atoms with Crippen molar-refractivity contribution in [1.29, 1.82) is 0 Å². The minimum atomic E-state index is -0.977. The molecule has 0 aliphatic rings. The summed E-state index contributed by atoms with van der Waals surface area (Å²) in [5.74, 6) is -1.64. The molecule has 1 heterocycles. The number of fused-ring (bicyclic) bond motifs is 1. The van der Waals surface area contributed by atoms with E-state index in [1.807, 2.05) is 6.92 Å². The Morgan fingerprint density at radius 3 is 2.75 bits per heavy atom. The SMILES string of the molecule is CCn1cc(CCC(=O)O)c(=O)c2cc(F)c(Cl)cc21. The molecule has 0 amide bonds. The molecule has 4 nitrogen and oxygen atoms in total. The van der Waals surface area contributed by atoms with Crippen molar-refractivity contribution >= 4 is 28.5 Å². The van der Waals surface area contributed by atoms with Gasteiger partial charge in [-0.15, -0.1) is 0 Å². The summed E-state index contributed by atoms with van der Waals surface area (Å²) in [6, 6.07) is 2.52. The lowest BCUT2D eigenvalue weighted by Crippen LogP contribution is -2.16. The van der Waals surface area contributed by atoms with Gasteiger partial charge in [-0.3, -0.25) is 9.59 Å². The van der Waals surface area contributed by atoms with Crippen molar-refractivity contribution < 1.29 is 14.3 Å². The summed E-state index contributed by atoms with van der Waals surface area (Å²) in [5, 5.41) is 8.87. The van der Waals surface area contributed by atoms with Crippen molar-refractivity contribution in [2.75, 3.05) is 0 Å². The molecule has 1 aromatic heterocycles. The van der Waals surface area contributed by atoms with Crippen molar-refractivity contribution in [2.24, 2.45) is 0 Å². The number of halogens is 2. The van der Waals surface area contributed by atoms with Crippen LogP contribution in [0.3, 0.4) is 0 Å². The van der Waals surface area contributed by atoms with Gasteiger partial charge < -0.3 is 9.67 Å². The number of carboxylic acid groups (broad SMARTS) is 1.